The highest BCUT2D eigenvalue weighted by Crippen LogP contribution is 2.12. The van der Waals surface area contributed by atoms with Gasteiger partial charge in [0.15, 0.2) is 11.7 Å². The summed E-state index contributed by atoms with van der Waals surface area (Å²) in [6.45, 7) is 0. The Morgan fingerprint density at radius 3 is 2.57 bits per heavy atom. The molecule has 2 rings (SSSR count). The Kier molecular flexibility index (Phi) is 5.61. The third-order valence-electron chi connectivity index (χ3n) is 2.90. The van der Waals surface area contributed by atoms with Crippen molar-refractivity contribution in [3.05, 3.63) is 65.3 Å². The smallest absolute Gasteiger partial charge is 0.250 e. The number of nitrogens with one attached hydrogen (secondary N) is 1. The predicted molar refractivity (Wildman–Crippen MR) is 87.5 cm³/mol. The lowest BCUT2D eigenvalue weighted by Gasteiger charge is -2.06. The summed E-state index contributed by atoms with van der Waals surface area (Å²) in [5, 5.41) is 12.1. The molecule has 0 radical (unpaired) electrons. The third kappa shape index (κ3) is 4.77. The molecule has 1 amide bonds. The van der Waals surface area contributed by atoms with Gasteiger partial charge in [0.1, 0.15) is 5.82 Å². The lowest BCUT2D eigenvalue weighted by molar-refractivity contribution is -0.126. The number of hydrogen-bond acceptors (Lipinski definition) is 4. The zero-order chi connectivity index (χ0) is 16.7. The van der Waals surface area contributed by atoms with Crippen LogP contribution in [-0.4, -0.2) is 16.7 Å². The van der Waals surface area contributed by atoms with Crippen LogP contribution in [0, 0.1) is 17.2 Å². The van der Waals surface area contributed by atoms with Crippen LogP contribution < -0.4 is 5.32 Å². The summed E-state index contributed by atoms with van der Waals surface area (Å²) >= 11 is 5.77. The Balaban J connectivity index is 2.05. The molecule has 0 bridgehead atoms. The van der Waals surface area contributed by atoms with Crippen molar-refractivity contribution in [2.75, 3.05) is 5.32 Å². The van der Waals surface area contributed by atoms with E-state index in [1.165, 1.54) is 18.3 Å². The number of ketones is 1. The van der Waals surface area contributed by atoms with Gasteiger partial charge in [0.2, 0.25) is 0 Å². The molecule has 23 heavy (non-hydrogen) atoms. The quantitative estimate of drug-likeness (QED) is 0.676. The molecule has 0 aliphatic rings. The van der Waals surface area contributed by atoms with Gasteiger partial charge < -0.3 is 5.32 Å². The monoisotopic (exact) mass is 325 g/mol. The molecule has 0 saturated heterocycles. The highest BCUT2D eigenvalue weighted by Gasteiger charge is 2.24. The van der Waals surface area contributed by atoms with Gasteiger partial charge in [-0.3, -0.25) is 9.59 Å². The summed E-state index contributed by atoms with van der Waals surface area (Å²) in [5.41, 5.74) is 0.740. The molecule has 0 aliphatic heterocycles. The van der Waals surface area contributed by atoms with E-state index in [9.17, 15) is 9.59 Å². The van der Waals surface area contributed by atoms with Crippen LogP contribution in [0.15, 0.2) is 54.7 Å². The Labute approximate surface area is 138 Å². The van der Waals surface area contributed by atoms with Crippen molar-refractivity contribution in [2.45, 2.75) is 0 Å². The molecule has 0 spiro atoms. The SMILES string of the molecule is N#CC(C(=O)/C=C/c1ccc(Cl)cc1)C(=O)Nc1ccccn1. The molecule has 1 aromatic heterocycles. The predicted octanol–water partition coefficient (Wildman–Crippen LogP) is 3.10. The maximum Gasteiger partial charge on any atom is 0.250 e. The first-order valence-corrected chi connectivity index (χ1v) is 7.07. The molecule has 0 fully saturated rings. The molecule has 1 unspecified atom stereocenters. The van der Waals surface area contributed by atoms with Crippen LogP contribution in [0.1, 0.15) is 5.56 Å². The second-order valence-corrected chi connectivity index (χ2v) is 4.99. The van der Waals surface area contributed by atoms with Gasteiger partial charge in [-0.05, 0) is 35.9 Å². The van der Waals surface area contributed by atoms with Gasteiger partial charge in [-0.1, -0.05) is 35.9 Å². The van der Waals surface area contributed by atoms with Crippen LogP contribution in [0.4, 0.5) is 5.82 Å². The molecule has 0 aliphatic carbocycles. The molecule has 1 N–H and O–H groups in total. The summed E-state index contributed by atoms with van der Waals surface area (Å²) in [6.07, 6.45) is 4.23. The number of carbonyl (C=O) groups is 2. The standard InChI is InChI=1S/C17H12ClN3O2/c18-13-7-4-12(5-8-13)6-9-15(22)14(11-19)17(23)21-16-3-1-2-10-20-16/h1-10,14H,(H,20,21,23)/b9-6+. The van der Waals surface area contributed by atoms with Gasteiger partial charge >= 0.3 is 0 Å². The number of nitriles is 1. The second-order valence-electron chi connectivity index (χ2n) is 4.55. The molecule has 1 heterocycles. The molecular formula is C17H12ClN3O2. The zero-order valence-electron chi connectivity index (χ0n) is 11.9. The van der Waals surface area contributed by atoms with E-state index in [1.807, 2.05) is 0 Å². The molecule has 1 atom stereocenters. The summed E-state index contributed by atoms with van der Waals surface area (Å²) in [7, 11) is 0. The summed E-state index contributed by atoms with van der Waals surface area (Å²) in [5.74, 6) is -2.46. The molecule has 5 nitrogen and oxygen atoms in total. The van der Waals surface area contributed by atoms with Gasteiger partial charge in [-0.2, -0.15) is 5.26 Å². The molecule has 1 aromatic carbocycles. The minimum Gasteiger partial charge on any atom is -0.309 e. The van der Waals surface area contributed by atoms with Crippen molar-refractivity contribution in [3.8, 4) is 6.07 Å². The first kappa shape index (κ1) is 16.4. The maximum atomic E-state index is 12.0. The van der Waals surface area contributed by atoms with E-state index in [2.05, 4.69) is 10.3 Å². The number of halogens is 1. The van der Waals surface area contributed by atoms with Crippen molar-refractivity contribution in [1.29, 1.82) is 5.26 Å². The third-order valence-corrected chi connectivity index (χ3v) is 3.15. The Morgan fingerprint density at radius 1 is 1.22 bits per heavy atom. The number of rotatable bonds is 5. The van der Waals surface area contributed by atoms with Crippen LogP contribution in [0.2, 0.25) is 5.02 Å². The molecule has 114 valence electrons. The number of amides is 1. The number of carbonyl (C=O) groups excluding carboxylic acids is 2. The largest absolute Gasteiger partial charge is 0.309 e. The number of pyridine rings is 1. The number of aromatic nitrogens is 1. The van der Waals surface area contributed by atoms with Crippen molar-refractivity contribution < 1.29 is 9.59 Å². The van der Waals surface area contributed by atoms with Crippen molar-refractivity contribution >= 4 is 35.2 Å². The zero-order valence-corrected chi connectivity index (χ0v) is 12.7. The van der Waals surface area contributed by atoms with E-state index in [0.717, 1.165) is 5.56 Å². The summed E-state index contributed by atoms with van der Waals surface area (Å²) < 4.78 is 0. The highest BCUT2D eigenvalue weighted by atomic mass is 35.5. The Bertz CT molecular complexity index is 765. The van der Waals surface area contributed by atoms with Crippen molar-refractivity contribution in [3.63, 3.8) is 0 Å². The highest BCUT2D eigenvalue weighted by molar-refractivity contribution is 6.30. The van der Waals surface area contributed by atoms with E-state index < -0.39 is 17.6 Å². The average molecular weight is 326 g/mol. The summed E-state index contributed by atoms with van der Waals surface area (Å²) in [6, 6.07) is 13.5. The number of nitrogens with zero attached hydrogens (tertiary/aromatic N) is 2. The van der Waals surface area contributed by atoms with E-state index in [1.54, 1.807) is 48.5 Å². The van der Waals surface area contributed by atoms with Gasteiger partial charge in [-0.25, -0.2) is 4.98 Å². The average Bonchev–Trinajstić information content (AvgIpc) is 2.56. The van der Waals surface area contributed by atoms with Crippen LogP contribution in [0.5, 0.6) is 0 Å². The number of anilines is 1. The van der Waals surface area contributed by atoms with E-state index >= 15 is 0 Å². The molecular weight excluding hydrogens is 314 g/mol. The van der Waals surface area contributed by atoms with Gasteiger partial charge in [0.05, 0.1) is 6.07 Å². The fourth-order valence-corrected chi connectivity index (χ4v) is 1.86. The maximum absolute atomic E-state index is 12.0. The first-order valence-electron chi connectivity index (χ1n) is 6.69. The van der Waals surface area contributed by atoms with Crippen molar-refractivity contribution in [1.82, 2.24) is 4.98 Å². The van der Waals surface area contributed by atoms with Crippen molar-refractivity contribution in [2.24, 2.45) is 5.92 Å². The minimum atomic E-state index is -1.43. The number of benzene rings is 1. The van der Waals surface area contributed by atoms with Gasteiger partial charge in [0, 0.05) is 11.2 Å². The minimum absolute atomic E-state index is 0.284. The number of allylic oxidation sites excluding steroid dienone is 1. The fraction of sp³-hybridized carbons (Fsp3) is 0.0588. The van der Waals surface area contributed by atoms with Crippen LogP contribution in [0.25, 0.3) is 6.08 Å². The Morgan fingerprint density at radius 2 is 1.96 bits per heavy atom. The molecule has 0 saturated carbocycles. The normalized spacial score (nSPS) is 11.7. The topological polar surface area (TPSA) is 82.8 Å². The van der Waals surface area contributed by atoms with Gasteiger partial charge in [0.25, 0.3) is 5.91 Å². The van der Waals surface area contributed by atoms with Gasteiger partial charge in [-0.15, -0.1) is 0 Å². The Hall–Kier alpha value is -2.97. The summed E-state index contributed by atoms with van der Waals surface area (Å²) in [4.78, 5) is 27.9. The van der Waals surface area contributed by atoms with Crippen LogP contribution in [0.3, 0.4) is 0 Å². The lowest BCUT2D eigenvalue weighted by Crippen LogP contribution is -2.27. The first-order chi connectivity index (χ1) is 11.1. The lowest BCUT2D eigenvalue weighted by atomic mass is 10.0. The van der Waals surface area contributed by atoms with E-state index in [-0.39, 0.29) is 5.82 Å². The van der Waals surface area contributed by atoms with E-state index in [0.29, 0.717) is 5.02 Å². The van der Waals surface area contributed by atoms with Crippen LogP contribution in [-0.2, 0) is 9.59 Å². The second kappa shape index (κ2) is 7.87. The molecule has 2 aromatic rings. The van der Waals surface area contributed by atoms with E-state index in [4.69, 9.17) is 16.9 Å². The fourth-order valence-electron chi connectivity index (χ4n) is 1.74. The molecule has 6 heteroatoms. The number of hydrogen-bond donors (Lipinski definition) is 1. The van der Waals surface area contributed by atoms with Crippen LogP contribution >= 0.6 is 11.6 Å².